The number of nitrogens with zero attached hydrogens (tertiary/aromatic N) is 1. The summed E-state index contributed by atoms with van der Waals surface area (Å²) in [6.07, 6.45) is 0. The van der Waals surface area contributed by atoms with Crippen LogP contribution in [0.5, 0.6) is 0 Å². The third-order valence-corrected chi connectivity index (χ3v) is 12.4. The first-order valence-corrected chi connectivity index (χ1v) is 19.0. The van der Waals surface area contributed by atoms with E-state index in [1.807, 2.05) is 11.3 Å². The molecule has 0 aliphatic carbocycles. The lowest BCUT2D eigenvalue weighted by Gasteiger charge is -2.25. The fourth-order valence-corrected chi connectivity index (χ4v) is 9.99. The molecule has 246 valence electrons. The Kier molecular flexibility index (Phi) is 6.02. The minimum absolute atomic E-state index is 0.808. The molecule has 0 unspecified atom stereocenters. The van der Waals surface area contributed by atoms with E-state index in [9.17, 15) is 0 Å². The Labute approximate surface area is 309 Å². The van der Waals surface area contributed by atoms with Crippen LogP contribution in [0.4, 0.5) is 11.4 Å². The molecule has 3 nitrogen and oxygen atoms in total. The van der Waals surface area contributed by atoms with E-state index < -0.39 is 0 Å². The van der Waals surface area contributed by atoms with Crippen molar-refractivity contribution in [3.05, 3.63) is 164 Å². The average molecular weight is 693 g/mol. The molecule has 0 saturated carbocycles. The maximum atomic E-state index is 6.91. The molecule has 0 radical (unpaired) electrons. The molecule has 4 heterocycles. The minimum Gasteiger partial charge on any atom is -0.454 e. The molecule has 0 saturated heterocycles. The van der Waals surface area contributed by atoms with Crippen LogP contribution in [-0.4, -0.2) is 11.8 Å². The van der Waals surface area contributed by atoms with Gasteiger partial charge < -0.3 is 14.3 Å². The molecule has 8 aromatic carbocycles. The molecule has 0 spiro atoms. The summed E-state index contributed by atoms with van der Waals surface area (Å²) >= 11 is 1.89. The molecule has 1 N–H and O–H groups in total. The molecular formula is C48H29BN2OS. The van der Waals surface area contributed by atoms with E-state index in [-0.39, 0.29) is 0 Å². The van der Waals surface area contributed by atoms with Gasteiger partial charge in [0.2, 0.25) is 0 Å². The number of para-hydroxylation sites is 2. The van der Waals surface area contributed by atoms with E-state index in [1.54, 1.807) is 0 Å². The third kappa shape index (κ3) is 4.23. The van der Waals surface area contributed by atoms with E-state index in [2.05, 4.69) is 174 Å². The number of benzene rings is 8. The van der Waals surface area contributed by atoms with Gasteiger partial charge in [-0.05, 0) is 75.4 Å². The van der Waals surface area contributed by atoms with Gasteiger partial charge in [0.25, 0.3) is 0 Å². The van der Waals surface area contributed by atoms with Gasteiger partial charge in [0.1, 0.15) is 5.58 Å². The van der Waals surface area contributed by atoms with Crippen LogP contribution in [0.1, 0.15) is 0 Å². The highest BCUT2D eigenvalue weighted by Gasteiger charge is 2.31. The normalized spacial score (nSPS) is 12.3. The molecule has 1 aliphatic heterocycles. The summed E-state index contributed by atoms with van der Waals surface area (Å²) in [5, 5.41) is 11.2. The largest absolute Gasteiger partial charge is 0.454 e. The first kappa shape index (κ1) is 29.1. The lowest BCUT2D eigenvalue weighted by atomic mass is 9.59. The number of furan rings is 1. The Hall–Kier alpha value is -6.56. The number of rotatable bonds is 4. The van der Waals surface area contributed by atoms with E-state index >= 15 is 0 Å². The van der Waals surface area contributed by atoms with Gasteiger partial charge >= 0.3 is 0 Å². The summed E-state index contributed by atoms with van der Waals surface area (Å²) in [4.78, 5) is 0. The second-order valence-electron chi connectivity index (χ2n) is 14.1. The van der Waals surface area contributed by atoms with Crippen LogP contribution in [0.2, 0.25) is 0 Å². The Bertz CT molecular complexity index is 3280. The number of hydrogen-bond acceptors (Lipinski definition) is 3. The highest BCUT2D eigenvalue weighted by atomic mass is 32.1. The summed E-state index contributed by atoms with van der Waals surface area (Å²) in [5.41, 5.74) is 15.1. The first-order chi connectivity index (χ1) is 26.3. The first-order valence-electron chi connectivity index (χ1n) is 18.1. The summed E-state index contributed by atoms with van der Waals surface area (Å²) in [7, 11) is 0.808. The zero-order valence-electron chi connectivity index (χ0n) is 28.6. The Morgan fingerprint density at radius 2 is 1.26 bits per heavy atom. The van der Waals surface area contributed by atoms with Crippen molar-refractivity contribution in [2.75, 3.05) is 5.32 Å². The molecule has 1 aliphatic rings. The molecule has 11 aromatic rings. The van der Waals surface area contributed by atoms with E-state index in [0.717, 1.165) is 46.3 Å². The van der Waals surface area contributed by atoms with Crippen LogP contribution in [0.15, 0.2) is 168 Å². The van der Waals surface area contributed by atoms with Crippen LogP contribution in [0, 0.1) is 0 Å². The summed E-state index contributed by atoms with van der Waals surface area (Å²) < 4.78 is 12.1. The number of hydrogen-bond donors (Lipinski definition) is 1. The van der Waals surface area contributed by atoms with Crippen molar-refractivity contribution in [1.29, 1.82) is 0 Å². The summed E-state index contributed by atoms with van der Waals surface area (Å²) in [6.45, 7) is 0. The van der Waals surface area contributed by atoms with Gasteiger partial charge in [0, 0.05) is 48.7 Å². The van der Waals surface area contributed by atoms with Crippen molar-refractivity contribution in [3.63, 3.8) is 0 Å². The molecule has 0 bridgehead atoms. The van der Waals surface area contributed by atoms with E-state index in [0.29, 0.717) is 0 Å². The van der Waals surface area contributed by atoms with Crippen molar-refractivity contribution in [2.45, 2.75) is 0 Å². The van der Waals surface area contributed by atoms with Gasteiger partial charge in [0.15, 0.2) is 12.9 Å². The Balaban J connectivity index is 1.16. The quantitative estimate of drug-likeness (QED) is 0.186. The summed E-state index contributed by atoms with van der Waals surface area (Å²) in [5.74, 6) is 0. The highest BCUT2D eigenvalue weighted by molar-refractivity contribution is 7.26. The smallest absolute Gasteiger partial charge is 0.198 e. The zero-order valence-corrected chi connectivity index (χ0v) is 29.4. The predicted molar refractivity (Wildman–Crippen MR) is 228 cm³/mol. The second kappa shape index (κ2) is 11.0. The van der Waals surface area contributed by atoms with Crippen molar-refractivity contribution >= 4 is 105 Å². The van der Waals surface area contributed by atoms with Gasteiger partial charge in [-0.3, -0.25) is 0 Å². The fourth-order valence-electron chi connectivity index (χ4n) is 8.78. The number of nitrogens with one attached hydrogen (secondary N) is 1. The van der Waals surface area contributed by atoms with Crippen molar-refractivity contribution in [2.24, 2.45) is 0 Å². The lowest BCUT2D eigenvalue weighted by molar-refractivity contribution is 0.667. The maximum Gasteiger partial charge on any atom is 0.198 e. The third-order valence-electron chi connectivity index (χ3n) is 11.2. The van der Waals surface area contributed by atoms with E-state index in [4.69, 9.17) is 4.42 Å². The van der Waals surface area contributed by atoms with Crippen LogP contribution in [0.3, 0.4) is 0 Å². The van der Waals surface area contributed by atoms with Crippen LogP contribution < -0.4 is 16.2 Å². The minimum atomic E-state index is 0.808. The molecule has 53 heavy (non-hydrogen) atoms. The molecule has 5 heteroatoms. The summed E-state index contributed by atoms with van der Waals surface area (Å²) in [6, 6.07) is 59.3. The average Bonchev–Trinajstić information content (AvgIpc) is 3.88. The molecular weight excluding hydrogens is 663 g/mol. The fraction of sp³-hybridized carbons (Fsp3) is 0. The molecule has 0 amide bonds. The van der Waals surface area contributed by atoms with Crippen molar-refractivity contribution in [3.8, 4) is 27.9 Å². The van der Waals surface area contributed by atoms with Gasteiger partial charge in [0.05, 0.1) is 15.9 Å². The monoisotopic (exact) mass is 692 g/mol. The van der Waals surface area contributed by atoms with Gasteiger partial charge in [-0.25, -0.2) is 0 Å². The van der Waals surface area contributed by atoms with Gasteiger partial charge in [-0.2, -0.15) is 0 Å². The Morgan fingerprint density at radius 1 is 0.547 bits per heavy atom. The van der Waals surface area contributed by atoms with Gasteiger partial charge in [-0.15, -0.1) is 11.3 Å². The topological polar surface area (TPSA) is 30.1 Å². The van der Waals surface area contributed by atoms with Crippen LogP contribution >= 0.6 is 11.3 Å². The highest BCUT2D eigenvalue weighted by Crippen LogP contribution is 2.46. The van der Waals surface area contributed by atoms with E-state index in [1.165, 1.54) is 75.2 Å². The van der Waals surface area contributed by atoms with Crippen molar-refractivity contribution in [1.82, 2.24) is 4.57 Å². The van der Waals surface area contributed by atoms with Gasteiger partial charge in [-0.1, -0.05) is 127 Å². The SMILES string of the molecule is B1c2c(-c3cc4ccccc4cc3Nc3ccc(-c4ccccc4)cc3)cc3c(oc4ccccc43)c2-n2c3c1cccc3c1sc3ccccc3c12. The second-order valence-corrected chi connectivity index (χ2v) is 15.2. The predicted octanol–water partition coefficient (Wildman–Crippen LogP) is 11.8. The zero-order chi connectivity index (χ0) is 34.6. The number of thiophene rings is 1. The number of anilines is 2. The molecule has 0 atom stereocenters. The van der Waals surface area contributed by atoms with Crippen LogP contribution in [0.25, 0.3) is 91.9 Å². The number of fused-ring (bicyclic) bond motifs is 12. The van der Waals surface area contributed by atoms with Crippen molar-refractivity contribution < 1.29 is 4.42 Å². The Morgan fingerprint density at radius 3 is 2.13 bits per heavy atom. The molecule has 0 fully saturated rings. The molecule has 3 aromatic heterocycles. The standard InChI is InChI=1S/C48H29BN2OS/c1-2-11-28(12-3-1)29-21-23-32(24-22-29)50-40-26-31-14-5-4-13-30(31)25-36(40)37-27-38-33-15-6-8-19-41(33)52-47(38)46-43(37)49-39-18-10-17-35-44(39)51(46)45-34-16-7-9-20-42(34)53-48(35)45/h1-27,49-50H. The van der Waals surface area contributed by atoms with Crippen LogP contribution in [-0.2, 0) is 0 Å². The number of aromatic nitrogens is 1. The molecule has 12 rings (SSSR count). The lowest BCUT2D eigenvalue weighted by Crippen LogP contribution is -2.37. The maximum absolute atomic E-state index is 6.91.